The van der Waals surface area contributed by atoms with Crippen molar-refractivity contribution in [2.75, 3.05) is 18.5 Å². The first kappa shape index (κ1) is 14.3. The Kier molecular flexibility index (Phi) is 5.14. The zero-order valence-corrected chi connectivity index (χ0v) is 12.4. The number of nitrogens with one attached hydrogen (secondary N) is 1. The zero-order chi connectivity index (χ0) is 13.7. The highest BCUT2D eigenvalue weighted by atomic mass is 15.3. The molecule has 1 N–H and O–H groups in total. The second kappa shape index (κ2) is 6.85. The molecule has 1 heterocycles. The molecule has 106 valence electrons. The molecule has 1 aromatic rings. The number of hydrogen-bond donors (Lipinski definition) is 1. The lowest BCUT2D eigenvalue weighted by Gasteiger charge is -2.35. The minimum absolute atomic E-state index is 0.608. The summed E-state index contributed by atoms with van der Waals surface area (Å²) in [6.07, 6.45) is 6.25. The van der Waals surface area contributed by atoms with Gasteiger partial charge in [0, 0.05) is 19.1 Å². The average molecular weight is 262 g/mol. The van der Waals surface area contributed by atoms with Gasteiger partial charge in [-0.25, -0.2) is 0 Å². The van der Waals surface area contributed by atoms with Crippen molar-refractivity contribution in [2.24, 2.45) is 0 Å². The normalized spacial score (nSPS) is 23.3. The van der Waals surface area contributed by atoms with Crippen molar-refractivity contribution < 1.29 is 0 Å². The van der Waals surface area contributed by atoms with E-state index in [0.717, 1.165) is 18.1 Å². The van der Waals surface area contributed by atoms with E-state index in [0.29, 0.717) is 12.1 Å². The molecule has 0 aromatic carbocycles. The second-order valence-corrected chi connectivity index (χ2v) is 5.60. The summed E-state index contributed by atoms with van der Waals surface area (Å²) < 4.78 is 0. The molecule has 0 saturated heterocycles. The van der Waals surface area contributed by atoms with E-state index in [-0.39, 0.29) is 0 Å². The molecule has 4 heteroatoms. The number of rotatable bonds is 5. The van der Waals surface area contributed by atoms with Gasteiger partial charge in [-0.15, -0.1) is 5.10 Å². The molecule has 0 atom stereocenters. The van der Waals surface area contributed by atoms with Crippen molar-refractivity contribution in [2.45, 2.75) is 58.0 Å². The van der Waals surface area contributed by atoms with Crippen molar-refractivity contribution in [3.8, 4) is 0 Å². The smallest absolute Gasteiger partial charge is 0.151 e. The number of hydrogen-bond acceptors (Lipinski definition) is 4. The molecule has 0 spiro atoms. The maximum absolute atomic E-state index is 4.28. The summed E-state index contributed by atoms with van der Waals surface area (Å²) in [6.45, 7) is 5.35. The van der Waals surface area contributed by atoms with Crippen LogP contribution in [0.5, 0.6) is 0 Å². The van der Waals surface area contributed by atoms with Crippen LogP contribution in [0.3, 0.4) is 0 Å². The predicted molar refractivity (Wildman–Crippen MR) is 79.5 cm³/mol. The predicted octanol–water partition coefficient (Wildman–Crippen LogP) is 2.53. The first-order valence-corrected chi connectivity index (χ1v) is 7.47. The van der Waals surface area contributed by atoms with Gasteiger partial charge in [-0.1, -0.05) is 6.92 Å². The highest BCUT2D eigenvalue weighted by Gasteiger charge is 2.24. The molecule has 4 nitrogen and oxygen atoms in total. The van der Waals surface area contributed by atoms with Crippen LogP contribution in [0.1, 0.15) is 44.7 Å². The summed E-state index contributed by atoms with van der Waals surface area (Å²) >= 11 is 0. The number of aryl methyl sites for hydroxylation is 1. The molecule has 19 heavy (non-hydrogen) atoms. The zero-order valence-electron chi connectivity index (χ0n) is 12.4. The lowest BCUT2D eigenvalue weighted by Crippen LogP contribution is -2.41. The Morgan fingerprint density at radius 1 is 1.21 bits per heavy atom. The summed E-state index contributed by atoms with van der Waals surface area (Å²) in [5.41, 5.74) is 0.977. The van der Waals surface area contributed by atoms with Crippen LogP contribution < -0.4 is 10.2 Å². The van der Waals surface area contributed by atoms with Gasteiger partial charge in [0.15, 0.2) is 5.82 Å². The maximum Gasteiger partial charge on any atom is 0.151 e. The van der Waals surface area contributed by atoms with E-state index in [1.807, 2.05) is 13.0 Å². The van der Waals surface area contributed by atoms with Gasteiger partial charge in [0.2, 0.25) is 0 Å². The molecule has 0 amide bonds. The highest BCUT2D eigenvalue weighted by Crippen LogP contribution is 2.25. The number of nitrogens with zero attached hydrogens (tertiary/aromatic N) is 3. The molecule has 1 aliphatic carbocycles. The van der Waals surface area contributed by atoms with Crippen molar-refractivity contribution in [1.82, 2.24) is 15.5 Å². The highest BCUT2D eigenvalue weighted by molar-refractivity contribution is 5.37. The fraction of sp³-hybridized carbons (Fsp3) is 0.733. The first-order chi connectivity index (χ1) is 9.20. The van der Waals surface area contributed by atoms with E-state index in [2.05, 4.69) is 40.5 Å². The lowest BCUT2D eigenvalue weighted by atomic mass is 9.90. The quantitative estimate of drug-likeness (QED) is 0.885. The Labute approximate surface area is 116 Å². The third kappa shape index (κ3) is 3.90. The molecule has 2 rings (SSSR count). The fourth-order valence-electron chi connectivity index (χ4n) is 2.78. The molecule has 0 bridgehead atoms. The van der Waals surface area contributed by atoms with Crippen molar-refractivity contribution >= 4 is 5.82 Å². The largest absolute Gasteiger partial charge is 0.355 e. The summed E-state index contributed by atoms with van der Waals surface area (Å²) in [7, 11) is 2.14. The topological polar surface area (TPSA) is 41.0 Å². The average Bonchev–Trinajstić information content (AvgIpc) is 2.46. The van der Waals surface area contributed by atoms with Gasteiger partial charge in [0.1, 0.15) is 0 Å². The van der Waals surface area contributed by atoms with E-state index < -0.39 is 0 Å². The van der Waals surface area contributed by atoms with E-state index in [1.165, 1.54) is 32.1 Å². The SMILES string of the molecule is CCCNC1CCC(N(C)c2ccc(C)nn2)CC1. The molecule has 0 unspecified atom stereocenters. The minimum Gasteiger partial charge on any atom is -0.355 e. The molecule has 0 radical (unpaired) electrons. The van der Waals surface area contributed by atoms with E-state index in [9.17, 15) is 0 Å². The van der Waals surface area contributed by atoms with Gasteiger partial charge in [-0.05, 0) is 57.7 Å². The van der Waals surface area contributed by atoms with Crippen LogP contribution in [0.2, 0.25) is 0 Å². The van der Waals surface area contributed by atoms with E-state index in [4.69, 9.17) is 0 Å². The van der Waals surface area contributed by atoms with Crippen LogP contribution >= 0.6 is 0 Å². The Hall–Kier alpha value is -1.16. The summed E-state index contributed by atoms with van der Waals surface area (Å²) in [6, 6.07) is 5.43. The molecule has 1 aromatic heterocycles. The minimum atomic E-state index is 0.608. The van der Waals surface area contributed by atoms with Crippen LogP contribution in [0.4, 0.5) is 5.82 Å². The molecule has 1 fully saturated rings. The standard InChI is InChI=1S/C15H26N4/c1-4-11-16-13-6-8-14(9-7-13)19(3)15-10-5-12(2)17-18-15/h5,10,13-14,16H,4,6-9,11H2,1-3H3. The van der Waals surface area contributed by atoms with Crippen molar-refractivity contribution in [3.05, 3.63) is 17.8 Å². The molecule has 1 saturated carbocycles. The lowest BCUT2D eigenvalue weighted by molar-refractivity contribution is 0.336. The van der Waals surface area contributed by atoms with Crippen LogP contribution in [-0.4, -0.2) is 35.9 Å². The van der Waals surface area contributed by atoms with Crippen LogP contribution in [-0.2, 0) is 0 Å². The molecule has 1 aliphatic rings. The first-order valence-electron chi connectivity index (χ1n) is 7.47. The van der Waals surface area contributed by atoms with Gasteiger partial charge < -0.3 is 10.2 Å². The van der Waals surface area contributed by atoms with Gasteiger partial charge in [-0.3, -0.25) is 0 Å². The number of anilines is 1. The summed E-state index contributed by atoms with van der Waals surface area (Å²) in [5.74, 6) is 0.996. The molecule has 0 aliphatic heterocycles. The van der Waals surface area contributed by atoms with Gasteiger partial charge in [-0.2, -0.15) is 5.10 Å². The van der Waals surface area contributed by atoms with E-state index >= 15 is 0 Å². The Morgan fingerprint density at radius 2 is 1.95 bits per heavy atom. The summed E-state index contributed by atoms with van der Waals surface area (Å²) in [5, 5.41) is 12.1. The fourth-order valence-corrected chi connectivity index (χ4v) is 2.78. The third-order valence-electron chi connectivity index (χ3n) is 4.07. The molecular formula is C15H26N4. The van der Waals surface area contributed by atoms with Crippen molar-refractivity contribution in [3.63, 3.8) is 0 Å². The van der Waals surface area contributed by atoms with Crippen LogP contribution in [0.25, 0.3) is 0 Å². The van der Waals surface area contributed by atoms with Gasteiger partial charge in [0.25, 0.3) is 0 Å². The van der Waals surface area contributed by atoms with Gasteiger partial charge >= 0.3 is 0 Å². The second-order valence-electron chi connectivity index (χ2n) is 5.60. The van der Waals surface area contributed by atoms with Gasteiger partial charge in [0.05, 0.1) is 5.69 Å². The van der Waals surface area contributed by atoms with E-state index in [1.54, 1.807) is 0 Å². The Balaban J connectivity index is 1.85. The van der Waals surface area contributed by atoms with Crippen LogP contribution in [0, 0.1) is 6.92 Å². The number of aromatic nitrogens is 2. The van der Waals surface area contributed by atoms with Crippen LogP contribution in [0.15, 0.2) is 12.1 Å². The van der Waals surface area contributed by atoms with Crippen molar-refractivity contribution in [1.29, 1.82) is 0 Å². The Morgan fingerprint density at radius 3 is 2.53 bits per heavy atom. The maximum atomic E-state index is 4.28. The third-order valence-corrected chi connectivity index (χ3v) is 4.07. The Bertz CT molecular complexity index is 368. The monoisotopic (exact) mass is 262 g/mol. The molecular weight excluding hydrogens is 236 g/mol. The summed E-state index contributed by atoms with van der Waals surface area (Å²) in [4.78, 5) is 2.29.